The second-order valence-corrected chi connectivity index (χ2v) is 5.19. The van der Waals surface area contributed by atoms with Gasteiger partial charge in [0.2, 0.25) is 0 Å². The molecule has 0 saturated carbocycles. The Morgan fingerprint density at radius 1 is 0.947 bits per heavy atom. The van der Waals surface area contributed by atoms with Crippen molar-refractivity contribution in [2.75, 3.05) is 0 Å². The van der Waals surface area contributed by atoms with E-state index in [1.165, 1.54) is 0 Å². The van der Waals surface area contributed by atoms with Gasteiger partial charge in [0, 0.05) is 19.5 Å². The number of hydrogen-bond acceptors (Lipinski definition) is 2. The van der Waals surface area contributed by atoms with Gasteiger partial charge in [-0.15, -0.1) is 0 Å². The molecule has 6 nitrogen and oxygen atoms in total. The smallest absolute Gasteiger partial charge is 0.318 e. The van der Waals surface area contributed by atoms with E-state index in [0.29, 0.717) is 13.1 Å². The Morgan fingerprint density at radius 2 is 1.47 bits per heavy atom. The van der Waals surface area contributed by atoms with Crippen molar-refractivity contribution in [2.45, 2.75) is 31.8 Å². The maximum Gasteiger partial charge on any atom is 0.320 e. The fourth-order valence-corrected chi connectivity index (χ4v) is 3.11. The lowest BCUT2D eigenvalue weighted by molar-refractivity contribution is 0.0256. The predicted octanol–water partition coefficient (Wildman–Crippen LogP) is 0.793. The van der Waals surface area contributed by atoms with E-state index < -0.39 is 0 Å². The van der Waals surface area contributed by atoms with Gasteiger partial charge < -0.3 is 10.6 Å². The summed E-state index contributed by atoms with van der Waals surface area (Å²) >= 11 is 0. The van der Waals surface area contributed by atoms with Crippen LogP contribution in [-0.2, 0) is 13.1 Å². The molecule has 1 aromatic carbocycles. The van der Waals surface area contributed by atoms with Crippen molar-refractivity contribution in [1.29, 1.82) is 0 Å². The van der Waals surface area contributed by atoms with E-state index in [1.807, 2.05) is 24.3 Å². The molecular weight excluding hydrogens is 244 g/mol. The Hall–Kier alpha value is -2.24. The molecule has 4 amide bonds. The SMILES string of the molecule is O=C1NC2CC3N1Cc1ccccc1CN3C(=O)N2. The van der Waals surface area contributed by atoms with Gasteiger partial charge in [0.25, 0.3) is 0 Å². The highest BCUT2D eigenvalue weighted by Crippen LogP contribution is 2.29. The largest absolute Gasteiger partial charge is 0.320 e. The number of nitrogens with one attached hydrogen (secondary N) is 2. The maximum atomic E-state index is 12.1. The van der Waals surface area contributed by atoms with Crippen LogP contribution in [0.1, 0.15) is 17.5 Å². The number of hydrogen-bond donors (Lipinski definition) is 2. The van der Waals surface area contributed by atoms with Crippen LogP contribution in [0.5, 0.6) is 0 Å². The van der Waals surface area contributed by atoms with Crippen LogP contribution in [0.3, 0.4) is 0 Å². The molecule has 0 aromatic heterocycles. The van der Waals surface area contributed by atoms with E-state index in [1.54, 1.807) is 9.80 Å². The van der Waals surface area contributed by atoms with Crippen LogP contribution in [-0.4, -0.2) is 34.2 Å². The highest BCUT2D eigenvalue weighted by atomic mass is 16.2. The molecule has 3 aliphatic rings. The first-order valence-corrected chi connectivity index (χ1v) is 6.43. The van der Waals surface area contributed by atoms with Crippen LogP contribution in [0, 0.1) is 0 Å². The standard InChI is InChI=1S/C13H14N4O2/c18-12-14-10-5-11-16(12)6-8-3-1-2-4-9(8)7-17(11)13(19)15-10/h1-4,10-11H,5-7H2,(H,14,18)(H,15,19). The average molecular weight is 258 g/mol. The summed E-state index contributed by atoms with van der Waals surface area (Å²) in [7, 11) is 0. The molecule has 0 unspecified atom stereocenters. The van der Waals surface area contributed by atoms with Gasteiger partial charge in [0.1, 0.15) is 12.3 Å². The number of benzene rings is 1. The summed E-state index contributed by atoms with van der Waals surface area (Å²) in [5.41, 5.74) is 2.22. The Labute approximate surface area is 110 Å². The Balaban J connectivity index is 1.82. The molecular formula is C13H14N4O2. The maximum absolute atomic E-state index is 12.1. The summed E-state index contributed by atoms with van der Waals surface area (Å²) in [5, 5.41) is 5.64. The fraction of sp³-hybridized carbons (Fsp3) is 0.385. The third-order valence-electron chi connectivity index (χ3n) is 4.08. The molecule has 2 fully saturated rings. The van der Waals surface area contributed by atoms with E-state index >= 15 is 0 Å². The summed E-state index contributed by atoms with van der Waals surface area (Å²) in [4.78, 5) is 27.8. The second-order valence-electron chi connectivity index (χ2n) is 5.19. The van der Waals surface area contributed by atoms with Gasteiger partial charge in [0.05, 0.1) is 0 Å². The molecule has 1 aromatic rings. The van der Waals surface area contributed by atoms with Crippen LogP contribution in [0.4, 0.5) is 9.59 Å². The van der Waals surface area contributed by atoms with Crippen molar-refractivity contribution < 1.29 is 9.59 Å². The zero-order chi connectivity index (χ0) is 13.0. The van der Waals surface area contributed by atoms with Crippen LogP contribution in [0.15, 0.2) is 24.3 Å². The molecule has 0 radical (unpaired) electrons. The second kappa shape index (κ2) is 3.63. The van der Waals surface area contributed by atoms with Crippen molar-refractivity contribution in [3.63, 3.8) is 0 Å². The van der Waals surface area contributed by atoms with Crippen LogP contribution < -0.4 is 10.6 Å². The molecule has 6 heteroatoms. The molecule has 2 saturated heterocycles. The summed E-state index contributed by atoms with van der Waals surface area (Å²) in [6.45, 7) is 1.12. The Morgan fingerprint density at radius 3 is 2.00 bits per heavy atom. The van der Waals surface area contributed by atoms with Gasteiger partial charge in [-0.25, -0.2) is 9.59 Å². The molecule has 2 N–H and O–H groups in total. The van der Waals surface area contributed by atoms with Gasteiger partial charge in [-0.1, -0.05) is 24.3 Å². The van der Waals surface area contributed by atoms with Crippen LogP contribution in [0.25, 0.3) is 0 Å². The first-order valence-electron chi connectivity index (χ1n) is 6.43. The zero-order valence-electron chi connectivity index (χ0n) is 10.3. The van der Waals surface area contributed by atoms with Gasteiger partial charge >= 0.3 is 12.1 Å². The number of urea groups is 2. The first kappa shape index (κ1) is 10.7. The van der Waals surface area contributed by atoms with Gasteiger partial charge in [0.15, 0.2) is 0 Å². The first-order chi connectivity index (χ1) is 9.22. The minimum atomic E-state index is -0.237. The molecule has 0 spiro atoms. The third kappa shape index (κ3) is 1.49. The van der Waals surface area contributed by atoms with E-state index in [2.05, 4.69) is 10.6 Å². The minimum absolute atomic E-state index is 0.108. The summed E-state index contributed by atoms with van der Waals surface area (Å²) in [5.74, 6) is 0. The fourth-order valence-electron chi connectivity index (χ4n) is 3.11. The van der Waals surface area contributed by atoms with Gasteiger partial charge in [-0.3, -0.25) is 9.80 Å². The topological polar surface area (TPSA) is 64.7 Å². The number of fused-ring (bicyclic) bond motifs is 2. The molecule has 4 rings (SSSR count). The molecule has 3 heterocycles. The molecule has 2 bridgehead atoms. The quantitative estimate of drug-likeness (QED) is 0.722. The number of nitrogens with zero attached hydrogens (tertiary/aromatic N) is 2. The number of rotatable bonds is 0. The normalized spacial score (nSPS) is 28.2. The summed E-state index contributed by atoms with van der Waals surface area (Å²) in [6.07, 6.45) is 0.351. The highest BCUT2D eigenvalue weighted by molar-refractivity contribution is 5.82. The summed E-state index contributed by atoms with van der Waals surface area (Å²) in [6, 6.07) is 7.75. The predicted molar refractivity (Wildman–Crippen MR) is 66.8 cm³/mol. The lowest BCUT2D eigenvalue weighted by Gasteiger charge is -2.47. The van der Waals surface area contributed by atoms with E-state index in [-0.39, 0.29) is 24.4 Å². The Kier molecular flexibility index (Phi) is 2.04. The van der Waals surface area contributed by atoms with Crippen molar-refractivity contribution in [3.8, 4) is 0 Å². The summed E-state index contributed by atoms with van der Waals surface area (Å²) < 4.78 is 0. The lowest BCUT2D eigenvalue weighted by atomic mass is 10.1. The molecule has 0 atom stereocenters. The number of amides is 4. The van der Waals surface area contributed by atoms with E-state index in [4.69, 9.17) is 0 Å². The molecule has 19 heavy (non-hydrogen) atoms. The van der Waals surface area contributed by atoms with Gasteiger partial charge in [-0.2, -0.15) is 0 Å². The van der Waals surface area contributed by atoms with Gasteiger partial charge in [-0.05, 0) is 11.1 Å². The third-order valence-corrected chi connectivity index (χ3v) is 4.08. The number of carbonyl (C=O) groups is 2. The molecule has 0 aliphatic carbocycles. The number of carbonyl (C=O) groups excluding carboxylic acids is 2. The van der Waals surface area contributed by atoms with Crippen molar-refractivity contribution in [1.82, 2.24) is 20.4 Å². The zero-order valence-corrected chi connectivity index (χ0v) is 10.3. The van der Waals surface area contributed by atoms with Crippen LogP contribution >= 0.6 is 0 Å². The van der Waals surface area contributed by atoms with Crippen molar-refractivity contribution >= 4 is 12.1 Å². The minimum Gasteiger partial charge on any atom is -0.318 e. The van der Waals surface area contributed by atoms with E-state index in [0.717, 1.165) is 17.5 Å². The molecule has 3 aliphatic heterocycles. The van der Waals surface area contributed by atoms with E-state index in [9.17, 15) is 9.59 Å². The lowest BCUT2D eigenvalue weighted by Crippen LogP contribution is -2.71. The van der Waals surface area contributed by atoms with Crippen molar-refractivity contribution in [3.05, 3.63) is 35.4 Å². The monoisotopic (exact) mass is 258 g/mol. The highest BCUT2D eigenvalue weighted by Gasteiger charge is 2.45. The molecule has 98 valence electrons. The van der Waals surface area contributed by atoms with Crippen LogP contribution in [0.2, 0.25) is 0 Å². The Bertz CT molecular complexity index is 527. The van der Waals surface area contributed by atoms with Crippen molar-refractivity contribution in [2.24, 2.45) is 0 Å². The average Bonchev–Trinajstić information content (AvgIpc) is 2.57.